The summed E-state index contributed by atoms with van der Waals surface area (Å²) in [6.07, 6.45) is 4.78. The molecule has 7 amide bonds. The summed E-state index contributed by atoms with van der Waals surface area (Å²) in [5.74, 6) is -11.9. The Bertz CT molecular complexity index is 1970. The summed E-state index contributed by atoms with van der Waals surface area (Å²) >= 11 is 0. The van der Waals surface area contributed by atoms with Crippen LogP contribution in [0, 0.1) is 23.7 Å². The van der Waals surface area contributed by atoms with Gasteiger partial charge in [-0.2, -0.15) is 0 Å². The number of aliphatic carboxylic acids is 2. The zero-order valence-corrected chi connectivity index (χ0v) is 38.9. The maximum Gasteiger partial charge on any atom is 0.327 e. The maximum atomic E-state index is 13.7. The molecule has 0 saturated carbocycles. The highest BCUT2D eigenvalue weighted by Crippen LogP contribution is 2.18. The first-order valence-electron chi connectivity index (χ1n) is 21.5. The van der Waals surface area contributed by atoms with Gasteiger partial charge in [0.25, 0.3) is 5.91 Å². The second-order valence-electron chi connectivity index (χ2n) is 17.0. The molecule has 1 aromatic rings. The number of ether oxygens (including phenoxy) is 1. The summed E-state index contributed by atoms with van der Waals surface area (Å²) in [6, 6.07) is 1.35. The van der Waals surface area contributed by atoms with Gasteiger partial charge < -0.3 is 51.8 Å². The Morgan fingerprint density at radius 1 is 0.800 bits per heavy atom. The third-order valence-corrected chi connectivity index (χ3v) is 11.1. The topological polar surface area (TPSA) is 279 Å². The number of carboxylic acids is 2. The molecule has 0 aliphatic carbocycles. The fourth-order valence-corrected chi connectivity index (χ4v) is 6.82. The summed E-state index contributed by atoms with van der Waals surface area (Å²) in [7, 11) is 2.84. The molecule has 1 aliphatic heterocycles. The average molecular weight is 910 g/mol. The van der Waals surface area contributed by atoms with Crippen LogP contribution in [-0.4, -0.2) is 125 Å². The van der Waals surface area contributed by atoms with Crippen LogP contribution in [0.5, 0.6) is 0 Å². The molecular formula is C46H67N7O12. The van der Waals surface area contributed by atoms with E-state index < -0.39 is 120 Å². The third-order valence-electron chi connectivity index (χ3n) is 11.1. The van der Waals surface area contributed by atoms with Crippen LogP contribution in [0.4, 0.5) is 0 Å². The Labute approximate surface area is 380 Å². The Morgan fingerprint density at radius 3 is 1.95 bits per heavy atom. The van der Waals surface area contributed by atoms with Gasteiger partial charge in [0.1, 0.15) is 35.9 Å². The molecule has 358 valence electrons. The lowest BCUT2D eigenvalue weighted by Crippen LogP contribution is -2.58. The largest absolute Gasteiger partial charge is 0.480 e. The number of nitrogens with zero attached hydrogens (tertiary/aromatic N) is 1. The molecule has 0 radical (unpaired) electrons. The molecule has 0 spiro atoms. The van der Waals surface area contributed by atoms with Crippen molar-refractivity contribution in [2.24, 2.45) is 23.7 Å². The number of carbonyl (C=O) groups excluding carboxylic acids is 7. The van der Waals surface area contributed by atoms with E-state index in [1.165, 1.54) is 40.8 Å². The van der Waals surface area contributed by atoms with Crippen LogP contribution in [0.25, 0.3) is 0 Å². The van der Waals surface area contributed by atoms with E-state index in [0.29, 0.717) is 6.42 Å². The van der Waals surface area contributed by atoms with Crippen molar-refractivity contribution in [2.75, 3.05) is 14.2 Å². The van der Waals surface area contributed by atoms with E-state index >= 15 is 0 Å². The van der Waals surface area contributed by atoms with Crippen molar-refractivity contribution in [2.45, 2.75) is 123 Å². The first kappa shape index (κ1) is 54.8. The van der Waals surface area contributed by atoms with Crippen molar-refractivity contribution in [3.05, 3.63) is 72.0 Å². The summed E-state index contributed by atoms with van der Waals surface area (Å²) in [4.78, 5) is 120. The predicted octanol–water partition coefficient (Wildman–Crippen LogP) is 1.58. The zero-order valence-electron chi connectivity index (χ0n) is 38.9. The van der Waals surface area contributed by atoms with Gasteiger partial charge in [-0.1, -0.05) is 95.3 Å². The summed E-state index contributed by atoms with van der Waals surface area (Å²) < 4.78 is 5.78. The van der Waals surface area contributed by atoms with Gasteiger partial charge in [0.15, 0.2) is 0 Å². The molecule has 1 unspecified atom stereocenters. The maximum absolute atomic E-state index is 13.7. The van der Waals surface area contributed by atoms with Crippen molar-refractivity contribution in [3.63, 3.8) is 0 Å². The minimum Gasteiger partial charge on any atom is -0.480 e. The lowest BCUT2D eigenvalue weighted by Gasteiger charge is -2.27. The lowest BCUT2D eigenvalue weighted by atomic mass is 9.94. The van der Waals surface area contributed by atoms with Gasteiger partial charge in [0.2, 0.25) is 35.4 Å². The van der Waals surface area contributed by atoms with Gasteiger partial charge in [-0.15, -0.1) is 0 Å². The Kier molecular flexibility index (Phi) is 21.7. The quantitative estimate of drug-likeness (QED) is 0.116. The van der Waals surface area contributed by atoms with Crippen molar-refractivity contribution in [3.8, 4) is 0 Å². The number of hydrogen-bond acceptors (Lipinski definition) is 10. The molecule has 0 bridgehead atoms. The SMILES string of the molecule is C=C1C(=O)N[C@H](C)C(=O)N[C@@H](CC(C)C)C(=O)N[C@@H](C(=O)O)[C@H](C)C(=O)N[C@@H](C)C(=O)NC(/C=C/C(C)=C/[C@H](C)[C@H](Cc2ccccc2)OC)[C@H](C)C(=O)N[C@@H](C(=O)O)CCC(=O)N1C. The molecule has 10 atom stereocenters. The number of methoxy groups -OCH3 is 1. The number of amides is 7. The number of likely N-dealkylation sites (N-methyl/N-ethyl adjacent to an activating group) is 1. The number of hydrogen-bond donors (Lipinski definition) is 8. The van der Waals surface area contributed by atoms with Crippen molar-refractivity contribution in [1.82, 2.24) is 36.8 Å². The fourth-order valence-electron chi connectivity index (χ4n) is 6.82. The van der Waals surface area contributed by atoms with Crippen molar-refractivity contribution in [1.29, 1.82) is 0 Å². The fraction of sp³-hybridized carbons (Fsp3) is 0.543. The normalized spacial score (nSPS) is 26.7. The van der Waals surface area contributed by atoms with E-state index in [1.807, 2.05) is 50.3 Å². The molecule has 0 aromatic heterocycles. The second-order valence-corrected chi connectivity index (χ2v) is 17.0. The monoisotopic (exact) mass is 909 g/mol. The summed E-state index contributed by atoms with van der Waals surface area (Å²) in [6.45, 7) is 16.2. The standard InChI is InChI=1S/C46H67N7O12/c1-24(2)21-35-44(60)52-38(46(63)64)28(6)40(56)47-29(7)41(57)49-33(18-17-25(3)22-26(4)36(65-11)23-32-15-13-12-14-16-32)27(5)39(55)50-34(45(61)62)19-20-37(54)53(10)31(9)43(59)48-30(8)42(58)51-35/h12-18,22,24,26-30,33-36,38H,9,19-21,23H2,1-8,10-11H3,(H,47,56)(H,48,59)(H,49,57)(H,50,55)(H,51,58)(H,52,60)(H,61,62)(H,63,64)/b18-17+,25-22+/t26-,27-,28-,29-,30+,33?,34+,35-,36-,38+/m0/s1. The van der Waals surface area contributed by atoms with Gasteiger partial charge >= 0.3 is 11.9 Å². The number of carboxylic acid groups (broad SMARTS) is 2. The van der Waals surface area contributed by atoms with E-state index in [9.17, 15) is 53.4 Å². The van der Waals surface area contributed by atoms with Crippen LogP contribution in [0.15, 0.2) is 66.4 Å². The van der Waals surface area contributed by atoms with Crippen molar-refractivity contribution >= 4 is 53.3 Å². The molecule has 19 nitrogen and oxygen atoms in total. The highest BCUT2D eigenvalue weighted by Gasteiger charge is 2.37. The van der Waals surface area contributed by atoms with E-state index in [0.717, 1.165) is 16.0 Å². The average Bonchev–Trinajstić information content (AvgIpc) is 3.25. The van der Waals surface area contributed by atoms with Gasteiger partial charge in [0.05, 0.1) is 24.0 Å². The molecular weight excluding hydrogens is 843 g/mol. The van der Waals surface area contributed by atoms with Crippen molar-refractivity contribution < 1.29 is 58.1 Å². The lowest BCUT2D eigenvalue weighted by molar-refractivity contribution is -0.146. The van der Waals surface area contributed by atoms with Crippen LogP contribution in [-0.2, 0) is 54.3 Å². The Hall–Kier alpha value is -6.37. The van der Waals surface area contributed by atoms with Gasteiger partial charge in [-0.25, -0.2) is 9.59 Å². The number of nitrogens with one attached hydrogen (secondary N) is 6. The Morgan fingerprint density at radius 2 is 1.38 bits per heavy atom. The molecule has 8 N–H and O–H groups in total. The zero-order chi connectivity index (χ0) is 49.3. The van der Waals surface area contributed by atoms with Crippen LogP contribution in [0.1, 0.15) is 80.2 Å². The highest BCUT2D eigenvalue weighted by molar-refractivity contribution is 6.00. The van der Waals surface area contributed by atoms with Crippen LogP contribution in [0.2, 0.25) is 0 Å². The third kappa shape index (κ3) is 17.3. The van der Waals surface area contributed by atoms with Gasteiger partial charge in [-0.3, -0.25) is 33.6 Å². The van der Waals surface area contributed by atoms with Gasteiger partial charge in [0, 0.05) is 26.5 Å². The molecule has 1 fully saturated rings. The molecule has 65 heavy (non-hydrogen) atoms. The van der Waals surface area contributed by atoms with E-state index in [-0.39, 0.29) is 24.4 Å². The Balaban J connectivity index is 2.57. The molecule has 1 heterocycles. The first-order chi connectivity index (χ1) is 30.4. The molecule has 2 rings (SSSR count). The van der Waals surface area contributed by atoms with Crippen LogP contribution in [0.3, 0.4) is 0 Å². The first-order valence-corrected chi connectivity index (χ1v) is 21.5. The summed E-state index contributed by atoms with van der Waals surface area (Å²) in [5, 5.41) is 35.0. The highest BCUT2D eigenvalue weighted by atomic mass is 16.5. The molecule has 1 aromatic carbocycles. The minimum absolute atomic E-state index is 0.0331. The number of benzene rings is 1. The number of carbonyl (C=O) groups is 9. The predicted molar refractivity (Wildman–Crippen MR) is 240 cm³/mol. The molecule has 1 saturated heterocycles. The van der Waals surface area contributed by atoms with Gasteiger partial charge in [-0.05, 0) is 51.5 Å². The number of rotatable bonds is 11. The number of allylic oxidation sites excluding steroid dienone is 2. The van der Waals surface area contributed by atoms with E-state index in [2.05, 4.69) is 38.5 Å². The minimum atomic E-state index is -1.82. The summed E-state index contributed by atoms with van der Waals surface area (Å²) in [5.41, 5.74) is 1.42. The molecule has 1 aliphatic rings. The van der Waals surface area contributed by atoms with E-state index in [1.54, 1.807) is 27.0 Å². The molecule has 19 heteroatoms. The van der Waals surface area contributed by atoms with Crippen LogP contribution < -0.4 is 31.9 Å². The second kappa shape index (κ2) is 25.8. The van der Waals surface area contributed by atoms with Crippen LogP contribution >= 0.6 is 0 Å². The smallest absolute Gasteiger partial charge is 0.327 e. The van der Waals surface area contributed by atoms with E-state index in [4.69, 9.17) is 4.74 Å².